The number of benzene rings is 2. The van der Waals surface area contributed by atoms with E-state index in [-0.39, 0.29) is 4.21 Å². The summed E-state index contributed by atoms with van der Waals surface area (Å²) in [4.78, 5) is 0. The maximum absolute atomic E-state index is 13.2. The van der Waals surface area contributed by atoms with Crippen LogP contribution in [0.25, 0.3) is 10.1 Å². The van der Waals surface area contributed by atoms with E-state index in [2.05, 4.69) is 20.7 Å². The molecule has 23 heavy (non-hydrogen) atoms. The number of nitrogens with one attached hydrogen (secondary N) is 1. The van der Waals surface area contributed by atoms with Crippen LogP contribution in [-0.2, 0) is 10.0 Å². The highest BCUT2D eigenvalue weighted by atomic mass is 79.9. The average molecular weight is 411 g/mol. The summed E-state index contributed by atoms with van der Waals surface area (Å²) in [7, 11) is -3.78. The van der Waals surface area contributed by atoms with Gasteiger partial charge in [0.15, 0.2) is 0 Å². The molecule has 0 saturated carbocycles. The Morgan fingerprint density at radius 3 is 2.65 bits per heavy atom. The number of fused-ring (bicyclic) bond motifs is 1. The van der Waals surface area contributed by atoms with Crippen LogP contribution >= 0.6 is 27.3 Å². The largest absolute Gasteiger partial charge is 0.279 e. The van der Waals surface area contributed by atoms with Gasteiger partial charge in [-0.15, -0.1) is 11.3 Å². The standard InChI is InChI=1S/C15H8BrFN2O2S2/c16-13-7-12(3-1-9(13)8-18)19-23(20,21)15-6-10-5-11(17)2-4-14(10)22-15/h1-7,19H. The first kappa shape index (κ1) is 15.9. The fourth-order valence-electron chi connectivity index (χ4n) is 2.00. The zero-order chi connectivity index (χ0) is 16.6. The van der Waals surface area contributed by atoms with Crippen LogP contribution in [0.2, 0.25) is 0 Å². The van der Waals surface area contributed by atoms with Crippen LogP contribution in [0.4, 0.5) is 10.1 Å². The summed E-state index contributed by atoms with van der Waals surface area (Å²) >= 11 is 4.27. The maximum Gasteiger partial charge on any atom is 0.271 e. The minimum atomic E-state index is -3.78. The summed E-state index contributed by atoms with van der Waals surface area (Å²) in [5, 5.41) is 9.41. The fourth-order valence-corrected chi connectivity index (χ4v) is 4.89. The molecule has 1 N–H and O–H groups in total. The Balaban J connectivity index is 1.97. The summed E-state index contributed by atoms with van der Waals surface area (Å²) in [6, 6.07) is 12.1. The van der Waals surface area contributed by atoms with Gasteiger partial charge in [-0.2, -0.15) is 5.26 Å². The zero-order valence-corrected chi connectivity index (χ0v) is 14.6. The molecule has 0 atom stereocenters. The molecule has 0 fully saturated rings. The number of nitriles is 1. The molecule has 0 bridgehead atoms. The van der Waals surface area contributed by atoms with Crippen molar-refractivity contribution < 1.29 is 12.8 Å². The highest BCUT2D eigenvalue weighted by Crippen LogP contribution is 2.31. The Morgan fingerprint density at radius 1 is 1.17 bits per heavy atom. The number of anilines is 1. The van der Waals surface area contributed by atoms with E-state index in [0.29, 0.717) is 25.8 Å². The van der Waals surface area contributed by atoms with Crippen molar-refractivity contribution in [2.24, 2.45) is 0 Å². The highest BCUT2D eigenvalue weighted by Gasteiger charge is 2.18. The van der Waals surface area contributed by atoms with Gasteiger partial charge < -0.3 is 0 Å². The molecule has 0 aliphatic carbocycles. The van der Waals surface area contributed by atoms with Gasteiger partial charge in [-0.1, -0.05) is 0 Å². The Bertz CT molecular complexity index is 1060. The normalized spacial score (nSPS) is 11.3. The van der Waals surface area contributed by atoms with Crippen molar-refractivity contribution >= 4 is 53.1 Å². The Hall–Kier alpha value is -1.95. The molecular formula is C15H8BrFN2O2S2. The van der Waals surface area contributed by atoms with E-state index >= 15 is 0 Å². The number of sulfonamides is 1. The number of thiophene rings is 1. The molecule has 3 aromatic rings. The molecule has 3 rings (SSSR count). The van der Waals surface area contributed by atoms with Crippen molar-refractivity contribution in [1.82, 2.24) is 0 Å². The van der Waals surface area contributed by atoms with E-state index in [0.717, 1.165) is 11.3 Å². The fraction of sp³-hybridized carbons (Fsp3) is 0. The lowest BCUT2D eigenvalue weighted by Gasteiger charge is -2.07. The van der Waals surface area contributed by atoms with E-state index in [9.17, 15) is 12.8 Å². The minimum absolute atomic E-state index is 0.0959. The van der Waals surface area contributed by atoms with Gasteiger partial charge in [-0.05, 0) is 63.8 Å². The molecule has 0 unspecified atom stereocenters. The van der Waals surface area contributed by atoms with E-state index < -0.39 is 15.8 Å². The Kier molecular flexibility index (Phi) is 4.10. The van der Waals surface area contributed by atoms with Gasteiger partial charge in [0.05, 0.1) is 11.3 Å². The number of nitrogens with zero attached hydrogens (tertiary/aromatic N) is 1. The predicted molar refractivity (Wildman–Crippen MR) is 91.4 cm³/mol. The number of halogens is 2. The molecular weight excluding hydrogens is 403 g/mol. The lowest BCUT2D eigenvalue weighted by Crippen LogP contribution is -2.11. The van der Waals surface area contributed by atoms with Crippen molar-refractivity contribution in [3.8, 4) is 6.07 Å². The van der Waals surface area contributed by atoms with Crippen molar-refractivity contribution in [2.75, 3.05) is 4.72 Å². The summed E-state index contributed by atoms with van der Waals surface area (Å²) in [5.74, 6) is -0.414. The zero-order valence-electron chi connectivity index (χ0n) is 11.4. The van der Waals surface area contributed by atoms with Gasteiger partial charge in [-0.25, -0.2) is 12.8 Å². The van der Waals surface area contributed by atoms with E-state index in [1.54, 1.807) is 6.07 Å². The van der Waals surface area contributed by atoms with Gasteiger partial charge in [-0.3, -0.25) is 4.72 Å². The molecule has 1 aromatic heterocycles. The summed E-state index contributed by atoms with van der Waals surface area (Å²) in [5.41, 5.74) is 0.741. The van der Waals surface area contributed by atoms with Gasteiger partial charge >= 0.3 is 0 Å². The number of rotatable bonds is 3. The third kappa shape index (κ3) is 3.22. The molecule has 2 aromatic carbocycles. The SMILES string of the molecule is N#Cc1ccc(NS(=O)(=O)c2cc3cc(F)ccc3s2)cc1Br. The lowest BCUT2D eigenvalue weighted by molar-refractivity contribution is 0.603. The van der Waals surface area contributed by atoms with Crippen LogP contribution in [0.1, 0.15) is 5.56 Å². The molecule has 1 heterocycles. The smallest absolute Gasteiger partial charge is 0.271 e. The van der Waals surface area contributed by atoms with Crippen LogP contribution < -0.4 is 4.72 Å². The van der Waals surface area contributed by atoms with Crippen molar-refractivity contribution in [3.63, 3.8) is 0 Å². The molecule has 0 spiro atoms. The van der Waals surface area contributed by atoms with Gasteiger partial charge in [0, 0.05) is 9.17 Å². The quantitative estimate of drug-likeness (QED) is 0.691. The monoisotopic (exact) mass is 410 g/mol. The molecule has 4 nitrogen and oxygen atoms in total. The van der Waals surface area contributed by atoms with Crippen molar-refractivity contribution in [2.45, 2.75) is 4.21 Å². The molecule has 0 radical (unpaired) electrons. The Labute approximate surface area is 144 Å². The van der Waals surface area contributed by atoms with Crippen LogP contribution in [0.3, 0.4) is 0 Å². The first-order valence-corrected chi connectivity index (χ1v) is 9.40. The van der Waals surface area contributed by atoms with Crippen molar-refractivity contribution in [3.05, 3.63) is 58.3 Å². The average Bonchev–Trinajstić information content (AvgIpc) is 2.91. The minimum Gasteiger partial charge on any atom is -0.279 e. The van der Waals surface area contributed by atoms with E-state index in [1.165, 1.54) is 36.4 Å². The van der Waals surface area contributed by atoms with Gasteiger partial charge in [0.2, 0.25) is 0 Å². The summed E-state index contributed by atoms with van der Waals surface area (Å²) in [6.07, 6.45) is 0. The highest BCUT2D eigenvalue weighted by molar-refractivity contribution is 9.10. The first-order valence-electron chi connectivity index (χ1n) is 6.30. The van der Waals surface area contributed by atoms with Crippen LogP contribution in [0, 0.1) is 17.1 Å². The van der Waals surface area contributed by atoms with Crippen molar-refractivity contribution in [1.29, 1.82) is 5.26 Å². The third-order valence-electron chi connectivity index (χ3n) is 3.06. The first-order chi connectivity index (χ1) is 10.9. The second-order valence-corrected chi connectivity index (χ2v) is 8.51. The molecule has 8 heteroatoms. The topological polar surface area (TPSA) is 70.0 Å². The van der Waals surface area contributed by atoms with E-state index in [4.69, 9.17) is 5.26 Å². The van der Waals surface area contributed by atoms with Gasteiger partial charge in [0.25, 0.3) is 10.0 Å². The molecule has 0 amide bonds. The Morgan fingerprint density at radius 2 is 1.96 bits per heavy atom. The third-order valence-corrected chi connectivity index (χ3v) is 6.69. The molecule has 0 aliphatic rings. The number of hydrogen-bond acceptors (Lipinski definition) is 4. The summed E-state index contributed by atoms with van der Waals surface area (Å²) in [6.45, 7) is 0. The molecule has 116 valence electrons. The molecule has 0 aliphatic heterocycles. The predicted octanol–water partition coefficient (Wildman–Crippen LogP) is 4.48. The second kappa shape index (κ2) is 5.92. The van der Waals surface area contributed by atoms with Crippen LogP contribution in [0.15, 0.2) is 51.1 Å². The summed E-state index contributed by atoms with van der Waals surface area (Å²) < 4.78 is 41.8. The van der Waals surface area contributed by atoms with Crippen LogP contribution in [0.5, 0.6) is 0 Å². The molecule has 0 saturated heterocycles. The van der Waals surface area contributed by atoms with E-state index in [1.807, 2.05) is 6.07 Å². The maximum atomic E-state index is 13.2. The van der Waals surface area contributed by atoms with Gasteiger partial charge in [0.1, 0.15) is 16.1 Å². The lowest BCUT2D eigenvalue weighted by atomic mass is 10.2. The van der Waals surface area contributed by atoms with Crippen LogP contribution in [-0.4, -0.2) is 8.42 Å². The number of hydrogen-bond donors (Lipinski definition) is 1. The second-order valence-electron chi connectivity index (χ2n) is 4.66.